The molecule has 2 heterocycles. The molecule has 29 heavy (non-hydrogen) atoms. The van der Waals surface area contributed by atoms with Gasteiger partial charge in [-0.15, -0.1) is 0 Å². The van der Waals surface area contributed by atoms with Gasteiger partial charge in [0.1, 0.15) is 17.1 Å². The summed E-state index contributed by atoms with van der Waals surface area (Å²) >= 11 is 0. The quantitative estimate of drug-likeness (QED) is 0.422. The predicted octanol–water partition coefficient (Wildman–Crippen LogP) is 4.36. The molecule has 0 bridgehead atoms. The summed E-state index contributed by atoms with van der Waals surface area (Å²) in [6.45, 7) is 9.12. The Morgan fingerprint density at radius 2 is 1.79 bits per heavy atom. The van der Waals surface area contributed by atoms with E-state index in [9.17, 15) is 23.2 Å². The fraction of sp³-hybridized carbons (Fsp3) is 0.429. The molecule has 1 aromatic heterocycles. The van der Waals surface area contributed by atoms with Crippen LogP contribution in [0, 0.1) is 22.7 Å². The smallest absolute Gasteiger partial charge is 0.415 e. The first-order valence-electron chi connectivity index (χ1n) is 9.19. The Balaban J connectivity index is 2.02. The Morgan fingerprint density at radius 3 is 2.41 bits per heavy atom. The third-order valence-electron chi connectivity index (χ3n) is 4.65. The van der Waals surface area contributed by atoms with Crippen molar-refractivity contribution in [1.82, 2.24) is 0 Å². The number of carbonyl (C=O) groups excluding carboxylic acids is 1. The number of hydrogen-bond acceptors (Lipinski definition) is 3. The van der Waals surface area contributed by atoms with E-state index in [4.69, 9.17) is 4.74 Å². The molecule has 5 nitrogen and oxygen atoms in total. The van der Waals surface area contributed by atoms with Crippen LogP contribution in [0.1, 0.15) is 51.4 Å². The van der Waals surface area contributed by atoms with Gasteiger partial charge >= 0.3 is 6.09 Å². The standard InChI is InChI=1S/C21H23F3N2O3/c1-20(2,3)29-19(27)25-11-21(4,5)18-17(25)7-12(10-26(18)28)6-13-8-15(23)16(24)9-14(13)22/h7-10H,6,11H2,1-5H3. The molecular weight excluding hydrogens is 385 g/mol. The summed E-state index contributed by atoms with van der Waals surface area (Å²) in [5.41, 5.74) is -0.332. The van der Waals surface area contributed by atoms with Gasteiger partial charge in [-0.2, -0.15) is 4.73 Å². The third-order valence-corrected chi connectivity index (χ3v) is 4.65. The molecule has 0 saturated heterocycles. The van der Waals surface area contributed by atoms with Crippen molar-refractivity contribution in [2.45, 2.75) is 52.1 Å². The van der Waals surface area contributed by atoms with Crippen LogP contribution in [-0.4, -0.2) is 18.2 Å². The van der Waals surface area contributed by atoms with Gasteiger partial charge in [0.15, 0.2) is 17.8 Å². The number of nitrogens with zero attached hydrogens (tertiary/aromatic N) is 2. The average Bonchev–Trinajstić information content (AvgIpc) is 2.82. The van der Waals surface area contributed by atoms with Crippen molar-refractivity contribution in [1.29, 1.82) is 0 Å². The molecule has 0 fully saturated rings. The van der Waals surface area contributed by atoms with E-state index in [1.807, 2.05) is 13.8 Å². The normalized spacial score (nSPS) is 15.4. The first-order chi connectivity index (χ1) is 13.3. The molecule has 8 heteroatoms. The third kappa shape index (κ3) is 4.16. The summed E-state index contributed by atoms with van der Waals surface area (Å²) in [7, 11) is 0. The Morgan fingerprint density at radius 1 is 1.17 bits per heavy atom. The zero-order valence-electron chi connectivity index (χ0n) is 17.0. The van der Waals surface area contributed by atoms with Gasteiger partial charge in [-0.3, -0.25) is 4.90 Å². The van der Waals surface area contributed by atoms with E-state index < -0.39 is 34.6 Å². The molecule has 1 aromatic carbocycles. The number of pyridine rings is 1. The largest absolute Gasteiger partial charge is 0.618 e. The number of benzene rings is 1. The Kier molecular flexibility index (Phi) is 5.01. The SMILES string of the molecule is CC(C)(C)OC(=O)N1CC(C)(C)c2c1cc(Cc1cc(F)c(F)cc1F)c[n+]2[O-]. The molecule has 0 unspecified atom stereocenters. The van der Waals surface area contributed by atoms with Crippen molar-refractivity contribution in [3.8, 4) is 0 Å². The highest BCUT2D eigenvalue weighted by atomic mass is 19.2. The maximum atomic E-state index is 14.0. The van der Waals surface area contributed by atoms with Gasteiger partial charge in [-0.05, 0) is 52.3 Å². The number of hydrogen-bond donors (Lipinski definition) is 0. The van der Waals surface area contributed by atoms with Crippen LogP contribution in [0.15, 0.2) is 24.4 Å². The van der Waals surface area contributed by atoms with Crippen LogP contribution in [0.3, 0.4) is 0 Å². The Bertz CT molecular complexity index is 984. The number of amides is 1. The second-order valence-corrected chi connectivity index (χ2v) is 8.89. The van der Waals surface area contributed by atoms with E-state index in [0.717, 1.165) is 6.07 Å². The molecule has 0 radical (unpaired) electrons. The summed E-state index contributed by atoms with van der Waals surface area (Å²) in [5.74, 6) is -3.36. The molecule has 3 rings (SSSR count). The van der Waals surface area contributed by atoms with Crippen LogP contribution < -0.4 is 9.63 Å². The van der Waals surface area contributed by atoms with Crippen molar-refractivity contribution in [2.24, 2.45) is 0 Å². The van der Waals surface area contributed by atoms with Gasteiger partial charge in [0.2, 0.25) is 5.69 Å². The zero-order valence-corrected chi connectivity index (χ0v) is 17.0. The lowest BCUT2D eigenvalue weighted by atomic mass is 9.91. The molecule has 1 aliphatic rings. The molecular formula is C21H23F3N2O3. The van der Waals surface area contributed by atoms with Crippen molar-refractivity contribution in [3.05, 3.63) is 63.9 Å². The molecule has 1 amide bonds. The van der Waals surface area contributed by atoms with Crippen molar-refractivity contribution in [3.63, 3.8) is 0 Å². The fourth-order valence-electron chi connectivity index (χ4n) is 3.51. The van der Waals surface area contributed by atoms with E-state index >= 15 is 0 Å². The summed E-state index contributed by atoms with van der Waals surface area (Å²) < 4.78 is 46.8. The average molecular weight is 408 g/mol. The van der Waals surface area contributed by atoms with Crippen LogP contribution in [0.5, 0.6) is 0 Å². The van der Waals surface area contributed by atoms with E-state index in [0.29, 0.717) is 27.7 Å². The molecule has 2 aromatic rings. The minimum atomic E-state index is -1.28. The molecule has 0 atom stereocenters. The van der Waals surface area contributed by atoms with Gasteiger partial charge in [0.25, 0.3) is 0 Å². The molecule has 0 aliphatic carbocycles. The summed E-state index contributed by atoms with van der Waals surface area (Å²) in [6.07, 6.45) is 0.529. The Hall–Kier alpha value is -2.77. The van der Waals surface area contributed by atoms with Gasteiger partial charge in [-0.1, -0.05) is 0 Å². The van der Waals surface area contributed by atoms with Gasteiger partial charge in [0.05, 0.1) is 5.41 Å². The second kappa shape index (κ2) is 6.93. The van der Waals surface area contributed by atoms with E-state index in [1.54, 1.807) is 26.8 Å². The lowest BCUT2D eigenvalue weighted by molar-refractivity contribution is -0.616. The van der Waals surface area contributed by atoms with Crippen molar-refractivity contribution in [2.75, 3.05) is 11.4 Å². The lowest BCUT2D eigenvalue weighted by Gasteiger charge is -2.25. The van der Waals surface area contributed by atoms with Crippen molar-refractivity contribution < 1.29 is 27.4 Å². The number of halogens is 3. The first kappa shape index (κ1) is 21.0. The summed E-state index contributed by atoms with van der Waals surface area (Å²) in [5, 5.41) is 12.7. The highest BCUT2D eigenvalue weighted by Gasteiger charge is 2.46. The van der Waals surface area contributed by atoms with Crippen LogP contribution in [0.2, 0.25) is 0 Å². The number of anilines is 1. The molecule has 0 saturated carbocycles. The number of aromatic nitrogens is 1. The molecule has 0 N–H and O–H groups in total. The van der Waals surface area contributed by atoms with Crippen LogP contribution >= 0.6 is 0 Å². The highest BCUT2D eigenvalue weighted by Crippen LogP contribution is 2.39. The molecule has 156 valence electrons. The number of rotatable bonds is 2. The van der Waals surface area contributed by atoms with E-state index in [1.165, 1.54) is 11.1 Å². The van der Waals surface area contributed by atoms with Crippen LogP contribution in [0.25, 0.3) is 0 Å². The predicted molar refractivity (Wildman–Crippen MR) is 101 cm³/mol. The summed E-state index contributed by atoms with van der Waals surface area (Å²) in [4.78, 5) is 14.0. The maximum Gasteiger partial charge on any atom is 0.415 e. The highest BCUT2D eigenvalue weighted by molar-refractivity contribution is 5.90. The zero-order chi connectivity index (χ0) is 21.7. The van der Waals surface area contributed by atoms with Crippen molar-refractivity contribution >= 4 is 11.8 Å². The monoisotopic (exact) mass is 408 g/mol. The van der Waals surface area contributed by atoms with Crippen LogP contribution in [0.4, 0.5) is 23.7 Å². The Labute approximate surface area is 167 Å². The molecule has 0 spiro atoms. The number of ether oxygens (including phenoxy) is 1. The van der Waals surface area contributed by atoms with Gasteiger partial charge in [-0.25, -0.2) is 18.0 Å². The van der Waals surface area contributed by atoms with E-state index in [2.05, 4.69) is 0 Å². The second-order valence-electron chi connectivity index (χ2n) is 8.89. The summed E-state index contributed by atoms with van der Waals surface area (Å²) in [6, 6.07) is 2.82. The minimum Gasteiger partial charge on any atom is -0.618 e. The van der Waals surface area contributed by atoms with E-state index in [-0.39, 0.29) is 18.5 Å². The fourth-order valence-corrected chi connectivity index (χ4v) is 3.51. The minimum absolute atomic E-state index is 0.0927. The first-order valence-corrected chi connectivity index (χ1v) is 9.19. The number of carbonyl (C=O) groups is 1. The maximum absolute atomic E-state index is 14.0. The lowest BCUT2D eigenvalue weighted by Crippen LogP contribution is -2.40. The molecule has 1 aliphatic heterocycles. The topological polar surface area (TPSA) is 56.5 Å². The van der Waals surface area contributed by atoms with Crippen LogP contribution in [-0.2, 0) is 16.6 Å². The number of fused-ring (bicyclic) bond motifs is 1. The van der Waals surface area contributed by atoms with Gasteiger partial charge in [0, 0.05) is 24.6 Å². The van der Waals surface area contributed by atoms with Gasteiger partial charge < -0.3 is 9.94 Å².